The molecule has 1 aromatic rings. The first-order chi connectivity index (χ1) is 6.50. The van der Waals surface area contributed by atoms with Gasteiger partial charge in [0.2, 0.25) is 0 Å². The second kappa shape index (κ2) is 4.78. The quantitative estimate of drug-likeness (QED) is 0.798. The average molecular weight is 261 g/mol. The zero-order valence-corrected chi connectivity index (χ0v) is 10.1. The van der Waals surface area contributed by atoms with Crippen LogP contribution in [0.15, 0.2) is 22.7 Å². The molecule has 0 radical (unpaired) electrons. The Morgan fingerprint density at radius 3 is 2.43 bits per heavy atom. The van der Waals surface area contributed by atoms with Crippen molar-refractivity contribution in [3.05, 3.63) is 28.5 Å². The van der Waals surface area contributed by atoms with Gasteiger partial charge in [0.15, 0.2) is 0 Å². The minimum absolute atomic E-state index is 0.122. The molecule has 1 nitrogen and oxygen atoms in total. The van der Waals surface area contributed by atoms with E-state index in [0.29, 0.717) is 16.1 Å². The lowest BCUT2D eigenvalue weighted by atomic mass is 10.1. The van der Waals surface area contributed by atoms with Crippen molar-refractivity contribution in [1.29, 1.82) is 0 Å². The molecule has 0 aliphatic rings. The molecular formula is C11H14BrFO. The summed E-state index contributed by atoms with van der Waals surface area (Å²) in [5.41, 5.74) is 0. The van der Waals surface area contributed by atoms with Gasteiger partial charge in [0.05, 0.1) is 10.6 Å². The molecule has 78 valence electrons. The van der Waals surface area contributed by atoms with E-state index in [0.717, 1.165) is 0 Å². The van der Waals surface area contributed by atoms with E-state index in [1.165, 1.54) is 12.1 Å². The summed E-state index contributed by atoms with van der Waals surface area (Å²) in [6, 6.07) is 4.44. The second-order valence-electron chi connectivity index (χ2n) is 3.64. The Morgan fingerprint density at radius 1 is 1.29 bits per heavy atom. The van der Waals surface area contributed by atoms with Crippen molar-refractivity contribution in [2.75, 3.05) is 0 Å². The van der Waals surface area contributed by atoms with Gasteiger partial charge in [-0.25, -0.2) is 4.39 Å². The first-order valence-electron chi connectivity index (χ1n) is 4.62. The monoisotopic (exact) mass is 260 g/mol. The molecular weight excluding hydrogens is 247 g/mol. The van der Waals surface area contributed by atoms with Gasteiger partial charge in [0.1, 0.15) is 11.6 Å². The molecule has 14 heavy (non-hydrogen) atoms. The number of halogens is 2. The number of hydrogen-bond acceptors (Lipinski definition) is 1. The molecule has 0 aliphatic heterocycles. The third kappa shape index (κ3) is 2.98. The van der Waals surface area contributed by atoms with Gasteiger partial charge in [-0.15, -0.1) is 0 Å². The summed E-state index contributed by atoms with van der Waals surface area (Å²) in [6.45, 7) is 6.17. The highest BCUT2D eigenvalue weighted by Crippen LogP contribution is 2.27. The third-order valence-electron chi connectivity index (χ3n) is 2.15. The molecule has 1 aromatic carbocycles. The van der Waals surface area contributed by atoms with Gasteiger partial charge in [-0.2, -0.15) is 0 Å². The van der Waals surface area contributed by atoms with Crippen LogP contribution in [-0.4, -0.2) is 6.10 Å². The van der Waals surface area contributed by atoms with Crippen LogP contribution in [0.1, 0.15) is 20.8 Å². The van der Waals surface area contributed by atoms with Crippen LogP contribution in [0.2, 0.25) is 0 Å². The maximum atomic E-state index is 12.8. The molecule has 0 aliphatic carbocycles. The standard InChI is InChI=1S/C11H14BrFO/c1-7(2)8(3)14-11-5-4-9(13)6-10(11)12/h4-8H,1-3H3. The molecule has 0 fully saturated rings. The van der Waals surface area contributed by atoms with Crippen LogP contribution in [0.5, 0.6) is 5.75 Å². The molecule has 0 spiro atoms. The van der Waals surface area contributed by atoms with Crippen molar-refractivity contribution in [2.24, 2.45) is 5.92 Å². The summed E-state index contributed by atoms with van der Waals surface area (Å²) in [5.74, 6) is 0.862. The summed E-state index contributed by atoms with van der Waals surface area (Å²) < 4.78 is 19.1. The van der Waals surface area contributed by atoms with Crippen LogP contribution >= 0.6 is 15.9 Å². The predicted octanol–water partition coefficient (Wildman–Crippen LogP) is 4.01. The van der Waals surface area contributed by atoms with E-state index >= 15 is 0 Å². The SMILES string of the molecule is CC(C)C(C)Oc1ccc(F)cc1Br. The van der Waals surface area contributed by atoms with Crippen LogP contribution in [0.25, 0.3) is 0 Å². The fourth-order valence-corrected chi connectivity index (χ4v) is 1.35. The highest BCUT2D eigenvalue weighted by Gasteiger charge is 2.10. The Morgan fingerprint density at radius 2 is 1.93 bits per heavy atom. The minimum atomic E-state index is -0.263. The van der Waals surface area contributed by atoms with E-state index in [2.05, 4.69) is 29.8 Å². The zero-order valence-electron chi connectivity index (χ0n) is 8.55. The van der Waals surface area contributed by atoms with Gasteiger partial charge < -0.3 is 4.74 Å². The predicted molar refractivity (Wildman–Crippen MR) is 59.0 cm³/mol. The fraction of sp³-hybridized carbons (Fsp3) is 0.455. The molecule has 0 saturated heterocycles. The van der Waals surface area contributed by atoms with Crippen molar-refractivity contribution in [3.8, 4) is 5.75 Å². The van der Waals surface area contributed by atoms with E-state index in [1.807, 2.05) is 6.92 Å². The smallest absolute Gasteiger partial charge is 0.134 e. The number of hydrogen-bond donors (Lipinski definition) is 0. The summed E-state index contributed by atoms with van der Waals surface area (Å²) >= 11 is 3.26. The van der Waals surface area contributed by atoms with Gasteiger partial charge in [-0.3, -0.25) is 0 Å². The Hall–Kier alpha value is -0.570. The molecule has 1 atom stereocenters. The Labute approximate surface area is 92.4 Å². The van der Waals surface area contributed by atoms with E-state index in [9.17, 15) is 4.39 Å². The van der Waals surface area contributed by atoms with Crippen LogP contribution < -0.4 is 4.74 Å². The summed E-state index contributed by atoms with van der Waals surface area (Å²) in [7, 11) is 0. The molecule has 0 N–H and O–H groups in total. The molecule has 0 heterocycles. The van der Waals surface area contributed by atoms with E-state index in [-0.39, 0.29) is 11.9 Å². The highest BCUT2D eigenvalue weighted by molar-refractivity contribution is 9.10. The van der Waals surface area contributed by atoms with Gasteiger partial charge >= 0.3 is 0 Å². The zero-order chi connectivity index (χ0) is 10.7. The van der Waals surface area contributed by atoms with Crippen LogP contribution in [-0.2, 0) is 0 Å². The van der Waals surface area contributed by atoms with Gasteiger partial charge in [-0.05, 0) is 47.0 Å². The van der Waals surface area contributed by atoms with Crippen molar-refractivity contribution < 1.29 is 9.13 Å². The lowest BCUT2D eigenvalue weighted by Crippen LogP contribution is -2.18. The average Bonchev–Trinajstić information content (AvgIpc) is 2.09. The van der Waals surface area contributed by atoms with E-state index < -0.39 is 0 Å². The molecule has 0 bridgehead atoms. The fourth-order valence-electron chi connectivity index (χ4n) is 0.907. The van der Waals surface area contributed by atoms with Gasteiger partial charge in [0, 0.05) is 0 Å². The molecule has 0 amide bonds. The second-order valence-corrected chi connectivity index (χ2v) is 4.50. The Bertz CT molecular complexity index is 312. The van der Waals surface area contributed by atoms with Crippen molar-refractivity contribution in [2.45, 2.75) is 26.9 Å². The molecule has 0 saturated carbocycles. The largest absolute Gasteiger partial charge is 0.489 e. The summed E-state index contributed by atoms with van der Waals surface area (Å²) in [6.07, 6.45) is 0.122. The Kier molecular flexibility index (Phi) is 3.93. The number of ether oxygens (including phenoxy) is 1. The summed E-state index contributed by atoms with van der Waals surface area (Å²) in [4.78, 5) is 0. The summed E-state index contributed by atoms with van der Waals surface area (Å²) in [5, 5.41) is 0. The number of rotatable bonds is 3. The maximum Gasteiger partial charge on any atom is 0.134 e. The van der Waals surface area contributed by atoms with Crippen LogP contribution in [0.3, 0.4) is 0 Å². The first-order valence-corrected chi connectivity index (χ1v) is 5.41. The van der Waals surface area contributed by atoms with Crippen LogP contribution in [0, 0.1) is 11.7 Å². The molecule has 1 unspecified atom stereocenters. The van der Waals surface area contributed by atoms with Crippen molar-refractivity contribution >= 4 is 15.9 Å². The first kappa shape index (κ1) is 11.5. The van der Waals surface area contributed by atoms with Crippen molar-refractivity contribution in [1.82, 2.24) is 0 Å². The third-order valence-corrected chi connectivity index (χ3v) is 2.77. The Balaban J connectivity index is 2.77. The topological polar surface area (TPSA) is 9.23 Å². The van der Waals surface area contributed by atoms with Crippen molar-refractivity contribution in [3.63, 3.8) is 0 Å². The lowest BCUT2D eigenvalue weighted by Gasteiger charge is -2.18. The van der Waals surface area contributed by atoms with E-state index in [1.54, 1.807) is 6.07 Å². The van der Waals surface area contributed by atoms with Gasteiger partial charge in [0.25, 0.3) is 0 Å². The molecule has 1 rings (SSSR count). The molecule has 0 aromatic heterocycles. The molecule has 3 heteroatoms. The maximum absolute atomic E-state index is 12.8. The normalized spacial score (nSPS) is 13.0. The highest BCUT2D eigenvalue weighted by atomic mass is 79.9. The van der Waals surface area contributed by atoms with E-state index in [4.69, 9.17) is 4.74 Å². The van der Waals surface area contributed by atoms with Crippen LogP contribution in [0.4, 0.5) is 4.39 Å². The van der Waals surface area contributed by atoms with Gasteiger partial charge in [-0.1, -0.05) is 13.8 Å². The minimum Gasteiger partial charge on any atom is -0.489 e. The lowest BCUT2D eigenvalue weighted by molar-refractivity contribution is 0.169. The number of benzene rings is 1.